The van der Waals surface area contributed by atoms with Crippen LogP contribution in [-0.2, 0) is 9.53 Å². The molecule has 2 aromatic carbocycles. The molecule has 4 heteroatoms. The van der Waals surface area contributed by atoms with Gasteiger partial charge in [0, 0.05) is 0 Å². The zero-order valence-corrected chi connectivity index (χ0v) is 22.2. The van der Waals surface area contributed by atoms with E-state index in [-0.39, 0.29) is 24.1 Å². The summed E-state index contributed by atoms with van der Waals surface area (Å²) < 4.78 is 5.49. The maximum absolute atomic E-state index is 13.0. The number of esters is 1. The Hall–Kier alpha value is -2.35. The average Bonchev–Trinajstić information content (AvgIpc) is 3.49. The Morgan fingerprint density at radius 2 is 1.33 bits per heavy atom. The fraction of sp³-hybridized carbons (Fsp3) is 0.483. The molecule has 0 amide bonds. The standard InChI is InChI=1S/C29H39NO2Si/c1-8-32-29(31)28-26(19-20-33(21(2)3,22(4)5)23(6)7)30(28)27(24-15-11-9-12-16-24)25-17-13-10-14-18-25/h9-18,21-23,26-28H,8H2,1-7H3/t26-,28-,30?/m0/s1. The van der Waals surface area contributed by atoms with E-state index in [9.17, 15) is 4.79 Å². The Balaban J connectivity index is 2.07. The smallest absolute Gasteiger partial charge is 0.326 e. The second-order valence-electron chi connectivity index (χ2n) is 9.98. The summed E-state index contributed by atoms with van der Waals surface area (Å²) in [6, 6.07) is 20.3. The van der Waals surface area contributed by atoms with Crippen LogP contribution in [-0.4, -0.2) is 37.6 Å². The van der Waals surface area contributed by atoms with Crippen molar-refractivity contribution < 1.29 is 9.53 Å². The van der Waals surface area contributed by atoms with Crippen LogP contribution in [0.5, 0.6) is 0 Å². The van der Waals surface area contributed by atoms with Gasteiger partial charge in [-0.15, -0.1) is 5.54 Å². The molecule has 3 atom stereocenters. The van der Waals surface area contributed by atoms with Crippen LogP contribution in [0, 0.1) is 11.5 Å². The van der Waals surface area contributed by atoms with Crippen molar-refractivity contribution in [3.8, 4) is 11.5 Å². The number of nitrogens with zero attached hydrogens (tertiary/aromatic N) is 1. The van der Waals surface area contributed by atoms with Gasteiger partial charge in [0.15, 0.2) is 0 Å². The predicted octanol–water partition coefficient (Wildman–Crippen LogP) is 6.61. The molecule has 0 aromatic heterocycles. The van der Waals surface area contributed by atoms with Crippen LogP contribution in [0.25, 0.3) is 0 Å². The van der Waals surface area contributed by atoms with Crippen molar-refractivity contribution in [2.45, 2.75) is 83.2 Å². The van der Waals surface area contributed by atoms with Gasteiger partial charge < -0.3 is 4.74 Å². The second-order valence-corrected chi connectivity index (χ2v) is 15.6. The zero-order valence-electron chi connectivity index (χ0n) is 21.2. The van der Waals surface area contributed by atoms with Gasteiger partial charge in [-0.05, 0) is 34.7 Å². The van der Waals surface area contributed by atoms with Gasteiger partial charge in [-0.1, -0.05) is 108 Å². The van der Waals surface area contributed by atoms with Crippen LogP contribution < -0.4 is 0 Å². The monoisotopic (exact) mass is 461 g/mol. The Morgan fingerprint density at radius 3 is 1.73 bits per heavy atom. The highest BCUT2D eigenvalue weighted by atomic mass is 28.3. The van der Waals surface area contributed by atoms with Gasteiger partial charge >= 0.3 is 5.97 Å². The van der Waals surface area contributed by atoms with Crippen LogP contribution in [0.15, 0.2) is 60.7 Å². The zero-order chi connectivity index (χ0) is 24.2. The molecular formula is C29H39NO2Si. The first-order valence-electron chi connectivity index (χ1n) is 12.3. The highest BCUT2D eigenvalue weighted by molar-refractivity contribution is 6.90. The summed E-state index contributed by atoms with van der Waals surface area (Å²) in [5, 5.41) is 0. The summed E-state index contributed by atoms with van der Waals surface area (Å²) in [4.78, 5) is 15.2. The third-order valence-electron chi connectivity index (χ3n) is 7.21. The molecule has 1 aliphatic rings. The van der Waals surface area contributed by atoms with Gasteiger partial charge in [-0.25, -0.2) is 0 Å². The van der Waals surface area contributed by atoms with Crippen LogP contribution in [0.2, 0.25) is 16.6 Å². The van der Waals surface area contributed by atoms with Crippen molar-refractivity contribution in [2.75, 3.05) is 6.61 Å². The normalized spacial score (nSPS) is 20.2. The lowest BCUT2D eigenvalue weighted by atomic mass is 9.98. The minimum atomic E-state index is -1.90. The molecular weight excluding hydrogens is 422 g/mol. The van der Waals surface area contributed by atoms with Crippen molar-refractivity contribution in [2.24, 2.45) is 0 Å². The molecule has 3 rings (SSSR count). The van der Waals surface area contributed by atoms with Gasteiger partial charge in [0.1, 0.15) is 14.1 Å². The van der Waals surface area contributed by atoms with Crippen LogP contribution in [0.4, 0.5) is 0 Å². The van der Waals surface area contributed by atoms with Crippen LogP contribution in [0.1, 0.15) is 65.6 Å². The largest absolute Gasteiger partial charge is 0.465 e. The van der Waals surface area contributed by atoms with Gasteiger partial charge in [0.05, 0.1) is 18.7 Å². The number of hydrogen-bond donors (Lipinski definition) is 0. The van der Waals surface area contributed by atoms with Crippen LogP contribution in [0.3, 0.4) is 0 Å². The summed E-state index contributed by atoms with van der Waals surface area (Å²) in [6.45, 7) is 16.2. The van der Waals surface area contributed by atoms with Crippen LogP contribution >= 0.6 is 0 Å². The van der Waals surface area contributed by atoms with Crippen molar-refractivity contribution >= 4 is 14.0 Å². The van der Waals surface area contributed by atoms with Gasteiger partial charge in [0.25, 0.3) is 0 Å². The maximum Gasteiger partial charge on any atom is 0.326 e. The van der Waals surface area contributed by atoms with E-state index >= 15 is 0 Å². The van der Waals surface area contributed by atoms with E-state index in [0.29, 0.717) is 23.2 Å². The third-order valence-corrected chi connectivity index (χ3v) is 13.5. The molecule has 0 bridgehead atoms. The lowest BCUT2D eigenvalue weighted by Gasteiger charge is -2.38. The number of ether oxygens (including phenoxy) is 1. The SMILES string of the molecule is CCOC(=O)[C@@H]1[C@H](C#C[Si](C(C)C)(C(C)C)C(C)C)N1C(c1ccccc1)c1ccccc1. The molecule has 2 aromatic rings. The van der Waals surface area contributed by atoms with E-state index in [1.165, 1.54) is 11.1 Å². The number of rotatable bonds is 8. The highest BCUT2D eigenvalue weighted by Gasteiger charge is 2.57. The molecule has 1 saturated heterocycles. The molecule has 0 N–H and O–H groups in total. The lowest BCUT2D eigenvalue weighted by Crippen LogP contribution is -2.43. The summed E-state index contributed by atoms with van der Waals surface area (Å²) in [6.07, 6.45) is 0. The highest BCUT2D eigenvalue weighted by Crippen LogP contribution is 2.44. The Kier molecular flexibility index (Phi) is 8.21. The quantitative estimate of drug-likeness (QED) is 0.192. The van der Waals surface area contributed by atoms with Gasteiger partial charge in [0.2, 0.25) is 0 Å². The number of carbonyl (C=O) groups is 1. The minimum absolute atomic E-state index is 0.0330. The summed E-state index contributed by atoms with van der Waals surface area (Å²) in [5.74, 6) is 3.47. The first-order valence-corrected chi connectivity index (χ1v) is 14.6. The number of carbonyl (C=O) groups excluding carboxylic acids is 1. The molecule has 33 heavy (non-hydrogen) atoms. The predicted molar refractivity (Wildman–Crippen MR) is 140 cm³/mol. The first kappa shape index (κ1) is 25.3. The van der Waals surface area contributed by atoms with Crippen molar-refractivity contribution in [3.05, 3.63) is 71.8 Å². The molecule has 176 valence electrons. The lowest BCUT2D eigenvalue weighted by molar-refractivity contribution is -0.143. The van der Waals surface area contributed by atoms with Gasteiger partial charge in [-0.2, -0.15) is 0 Å². The van der Waals surface area contributed by atoms with E-state index in [2.05, 4.69) is 106 Å². The Bertz CT molecular complexity index is 914. The van der Waals surface area contributed by atoms with Crippen molar-refractivity contribution in [1.82, 2.24) is 4.90 Å². The molecule has 1 aliphatic heterocycles. The Labute approximate surface area is 201 Å². The first-order chi connectivity index (χ1) is 15.8. The molecule has 0 radical (unpaired) electrons. The van der Waals surface area contributed by atoms with E-state index in [4.69, 9.17) is 4.74 Å². The summed E-state index contributed by atoms with van der Waals surface area (Å²) in [5.41, 5.74) is 7.84. The molecule has 0 saturated carbocycles. The number of benzene rings is 2. The number of hydrogen-bond acceptors (Lipinski definition) is 3. The average molecular weight is 462 g/mol. The molecule has 1 fully saturated rings. The summed E-state index contributed by atoms with van der Waals surface area (Å²) in [7, 11) is -1.90. The topological polar surface area (TPSA) is 29.3 Å². The maximum atomic E-state index is 13.0. The van der Waals surface area contributed by atoms with E-state index in [1.807, 2.05) is 19.1 Å². The molecule has 3 nitrogen and oxygen atoms in total. The fourth-order valence-electron chi connectivity index (χ4n) is 5.64. The molecule has 0 spiro atoms. The fourth-order valence-corrected chi connectivity index (χ4v) is 10.9. The van der Waals surface area contributed by atoms with E-state index in [1.54, 1.807) is 0 Å². The van der Waals surface area contributed by atoms with E-state index < -0.39 is 8.07 Å². The second kappa shape index (κ2) is 10.7. The molecule has 1 unspecified atom stereocenters. The Morgan fingerprint density at radius 1 is 0.879 bits per heavy atom. The minimum Gasteiger partial charge on any atom is -0.465 e. The van der Waals surface area contributed by atoms with Gasteiger partial charge in [-0.3, -0.25) is 9.69 Å². The summed E-state index contributed by atoms with van der Waals surface area (Å²) >= 11 is 0. The molecule has 1 heterocycles. The third kappa shape index (κ3) is 5.10. The van der Waals surface area contributed by atoms with Crippen molar-refractivity contribution in [3.63, 3.8) is 0 Å². The van der Waals surface area contributed by atoms with Crippen molar-refractivity contribution in [1.29, 1.82) is 0 Å². The molecule has 0 aliphatic carbocycles. The van der Waals surface area contributed by atoms with E-state index in [0.717, 1.165) is 0 Å².